The first kappa shape index (κ1) is 20.7. The lowest BCUT2D eigenvalue weighted by atomic mass is 10.2. The van der Waals surface area contributed by atoms with Crippen molar-refractivity contribution >= 4 is 17.7 Å². The molecule has 2 aromatic carbocycles. The molecule has 4 rings (SSSR count). The lowest BCUT2D eigenvalue weighted by molar-refractivity contribution is 0.0563. The van der Waals surface area contributed by atoms with Gasteiger partial charge in [0.05, 0.1) is 19.5 Å². The van der Waals surface area contributed by atoms with Crippen molar-refractivity contribution < 1.29 is 18.7 Å². The summed E-state index contributed by atoms with van der Waals surface area (Å²) < 4.78 is 17.8. The molecule has 2 aromatic heterocycles. The van der Waals surface area contributed by atoms with Crippen LogP contribution in [0.15, 0.2) is 76.3 Å². The monoisotopic (exact) mass is 435 g/mol. The van der Waals surface area contributed by atoms with Crippen molar-refractivity contribution in [3.8, 4) is 22.8 Å². The van der Waals surface area contributed by atoms with E-state index >= 15 is 0 Å². The number of rotatable bonds is 7. The number of carbonyl (C=O) groups is 1. The Morgan fingerprint density at radius 2 is 1.84 bits per heavy atom. The van der Waals surface area contributed by atoms with Gasteiger partial charge in [0.25, 0.3) is 0 Å². The van der Waals surface area contributed by atoms with Crippen molar-refractivity contribution in [1.29, 1.82) is 0 Å². The van der Waals surface area contributed by atoms with Gasteiger partial charge in [-0.15, -0.1) is 10.2 Å². The third-order valence-electron chi connectivity index (χ3n) is 4.67. The molecule has 4 aromatic rings. The second-order valence-electron chi connectivity index (χ2n) is 6.66. The lowest BCUT2D eigenvalue weighted by Gasteiger charge is -2.13. The molecular formula is C23H21N3O4S. The summed E-state index contributed by atoms with van der Waals surface area (Å²) in [4.78, 5) is 11.7. The molecule has 0 saturated heterocycles. The molecule has 1 atom stereocenters. The maximum absolute atomic E-state index is 11.7. The third kappa shape index (κ3) is 4.34. The van der Waals surface area contributed by atoms with E-state index in [1.165, 1.54) is 18.9 Å². The summed E-state index contributed by atoms with van der Waals surface area (Å²) in [5.74, 6) is 1.77. The van der Waals surface area contributed by atoms with E-state index in [-0.39, 0.29) is 11.0 Å². The van der Waals surface area contributed by atoms with Crippen LogP contribution >= 0.6 is 11.8 Å². The van der Waals surface area contributed by atoms with Crippen molar-refractivity contribution in [2.45, 2.75) is 17.3 Å². The van der Waals surface area contributed by atoms with E-state index in [0.717, 1.165) is 17.0 Å². The number of hydrogen-bond acceptors (Lipinski definition) is 7. The molecule has 0 spiro atoms. The van der Waals surface area contributed by atoms with E-state index in [1.54, 1.807) is 19.2 Å². The fourth-order valence-electron chi connectivity index (χ4n) is 3.10. The second kappa shape index (κ2) is 9.09. The number of thioether (sulfide) groups is 1. The molecule has 0 aliphatic heterocycles. The lowest BCUT2D eigenvalue weighted by Crippen LogP contribution is -2.01. The summed E-state index contributed by atoms with van der Waals surface area (Å²) in [6.07, 6.45) is 0. The van der Waals surface area contributed by atoms with E-state index in [0.29, 0.717) is 16.7 Å². The van der Waals surface area contributed by atoms with Crippen LogP contribution in [0.1, 0.15) is 28.5 Å². The van der Waals surface area contributed by atoms with Gasteiger partial charge in [0.1, 0.15) is 11.5 Å². The zero-order chi connectivity index (χ0) is 21.8. The number of methoxy groups -OCH3 is 2. The van der Waals surface area contributed by atoms with Crippen LogP contribution in [0, 0.1) is 0 Å². The van der Waals surface area contributed by atoms with Gasteiger partial charge in [-0.1, -0.05) is 42.1 Å². The molecule has 7 nitrogen and oxygen atoms in total. The van der Waals surface area contributed by atoms with E-state index in [1.807, 2.05) is 66.1 Å². The van der Waals surface area contributed by atoms with Crippen molar-refractivity contribution in [1.82, 2.24) is 14.8 Å². The Hall–Kier alpha value is -3.52. The molecule has 0 aliphatic rings. The van der Waals surface area contributed by atoms with Crippen LogP contribution < -0.4 is 4.74 Å². The Morgan fingerprint density at radius 1 is 1.03 bits per heavy atom. The molecule has 31 heavy (non-hydrogen) atoms. The maximum Gasteiger partial charge on any atom is 0.373 e. The molecule has 2 heterocycles. The SMILES string of the molecule is COC(=O)c1ccc(C(C)Sc2nnc(-c3cccc(OC)c3)n2-c2ccccc2)o1. The predicted octanol–water partition coefficient (Wildman–Crippen LogP) is 5.18. The average Bonchev–Trinajstić information content (AvgIpc) is 3.47. The summed E-state index contributed by atoms with van der Waals surface area (Å²) in [5.41, 5.74) is 1.83. The van der Waals surface area contributed by atoms with E-state index in [4.69, 9.17) is 13.9 Å². The smallest absolute Gasteiger partial charge is 0.373 e. The minimum Gasteiger partial charge on any atom is -0.497 e. The normalized spacial score (nSPS) is 11.8. The van der Waals surface area contributed by atoms with Crippen LogP contribution in [0.2, 0.25) is 0 Å². The number of para-hydroxylation sites is 1. The van der Waals surface area contributed by atoms with E-state index in [9.17, 15) is 4.79 Å². The van der Waals surface area contributed by atoms with Crippen LogP contribution in [-0.4, -0.2) is 35.0 Å². The zero-order valence-corrected chi connectivity index (χ0v) is 18.1. The van der Waals surface area contributed by atoms with E-state index in [2.05, 4.69) is 10.2 Å². The fraction of sp³-hybridized carbons (Fsp3) is 0.174. The predicted molar refractivity (Wildman–Crippen MR) is 118 cm³/mol. The Morgan fingerprint density at radius 3 is 2.58 bits per heavy atom. The third-order valence-corrected chi connectivity index (χ3v) is 5.73. The van der Waals surface area contributed by atoms with Crippen LogP contribution in [0.3, 0.4) is 0 Å². The Bertz CT molecular complexity index is 1190. The second-order valence-corrected chi connectivity index (χ2v) is 7.97. The Kier molecular flexibility index (Phi) is 6.08. The number of carbonyl (C=O) groups excluding carboxylic acids is 1. The number of furan rings is 1. The molecule has 0 saturated carbocycles. The number of hydrogen-bond donors (Lipinski definition) is 0. The highest BCUT2D eigenvalue weighted by Crippen LogP contribution is 2.38. The van der Waals surface area contributed by atoms with Crippen molar-refractivity contribution in [3.05, 3.63) is 78.3 Å². The quantitative estimate of drug-likeness (QED) is 0.292. The molecule has 0 aliphatic carbocycles. The van der Waals surface area contributed by atoms with Crippen LogP contribution in [0.5, 0.6) is 5.75 Å². The topological polar surface area (TPSA) is 79.4 Å². The number of ether oxygens (including phenoxy) is 2. The molecule has 158 valence electrons. The van der Waals surface area contributed by atoms with Gasteiger partial charge in [-0.25, -0.2) is 4.79 Å². The highest BCUT2D eigenvalue weighted by Gasteiger charge is 2.22. The molecule has 0 radical (unpaired) electrons. The van der Waals surface area contributed by atoms with Crippen LogP contribution in [0.4, 0.5) is 0 Å². The van der Waals surface area contributed by atoms with Gasteiger partial charge in [-0.3, -0.25) is 4.57 Å². The Labute approximate surface area is 184 Å². The summed E-state index contributed by atoms with van der Waals surface area (Å²) >= 11 is 1.49. The summed E-state index contributed by atoms with van der Waals surface area (Å²) in [6, 6.07) is 21.0. The highest BCUT2D eigenvalue weighted by molar-refractivity contribution is 7.99. The van der Waals surface area contributed by atoms with Crippen molar-refractivity contribution in [3.63, 3.8) is 0 Å². The molecule has 8 heteroatoms. The summed E-state index contributed by atoms with van der Waals surface area (Å²) in [5, 5.41) is 9.51. The molecule has 1 unspecified atom stereocenters. The maximum atomic E-state index is 11.7. The standard InChI is InChI=1S/C23H21N3O4S/c1-15(19-12-13-20(30-19)22(27)29-3)31-23-25-24-21(16-8-7-11-18(14-16)28-2)26(23)17-9-5-4-6-10-17/h4-15H,1-3H3. The first-order valence-electron chi connectivity index (χ1n) is 9.60. The van der Waals surface area contributed by atoms with Crippen molar-refractivity contribution in [2.24, 2.45) is 0 Å². The first-order chi connectivity index (χ1) is 15.1. The van der Waals surface area contributed by atoms with Crippen molar-refractivity contribution in [2.75, 3.05) is 14.2 Å². The Balaban J connectivity index is 1.72. The number of nitrogens with zero attached hydrogens (tertiary/aromatic N) is 3. The minimum atomic E-state index is -0.504. The van der Waals surface area contributed by atoms with Gasteiger partial charge < -0.3 is 13.9 Å². The minimum absolute atomic E-state index is 0.108. The highest BCUT2D eigenvalue weighted by atomic mass is 32.2. The first-order valence-corrected chi connectivity index (χ1v) is 10.5. The van der Waals surface area contributed by atoms with E-state index < -0.39 is 5.97 Å². The van der Waals surface area contributed by atoms with Crippen LogP contribution in [-0.2, 0) is 4.74 Å². The molecule has 0 fully saturated rings. The van der Waals surface area contributed by atoms with Gasteiger partial charge in [0.15, 0.2) is 11.0 Å². The number of esters is 1. The summed E-state index contributed by atoms with van der Waals surface area (Å²) in [7, 11) is 2.96. The van der Waals surface area contributed by atoms with Gasteiger partial charge >= 0.3 is 5.97 Å². The van der Waals surface area contributed by atoms with Gasteiger partial charge in [0.2, 0.25) is 5.76 Å². The van der Waals surface area contributed by atoms with Gasteiger partial charge in [-0.05, 0) is 43.3 Å². The molecule has 0 bridgehead atoms. The van der Waals surface area contributed by atoms with Gasteiger partial charge in [0, 0.05) is 11.3 Å². The fourth-order valence-corrected chi connectivity index (χ4v) is 4.05. The van der Waals surface area contributed by atoms with Gasteiger partial charge in [-0.2, -0.15) is 0 Å². The zero-order valence-electron chi connectivity index (χ0n) is 17.3. The molecule has 0 N–H and O–H groups in total. The summed E-state index contributed by atoms with van der Waals surface area (Å²) in [6.45, 7) is 1.99. The molecule has 0 amide bonds. The number of aromatic nitrogens is 3. The number of benzene rings is 2. The molecular weight excluding hydrogens is 414 g/mol. The van der Waals surface area contributed by atoms with Crippen LogP contribution in [0.25, 0.3) is 17.1 Å². The average molecular weight is 436 g/mol. The largest absolute Gasteiger partial charge is 0.497 e.